The van der Waals surface area contributed by atoms with E-state index in [1.165, 1.54) is 19.1 Å². The molecule has 1 amide bonds. The van der Waals surface area contributed by atoms with E-state index in [1.807, 2.05) is 0 Å². The molecule has 0 saturated heterocycles. The molecule has 0 radical (unpaired) electrons. The summed E-state index contributed by atoms with van der Waals surface area (Å²) in [7, 11) is 4.66. The van der Waals surface area contributed by atoms with E-state index in [9.17, 15) is 9.90 Å². The number of likely N-dealkylation sites (N-methyl/N-ethyl adjacent to an activating group) is 1. The van der Waals surface area contributed by atoms with Gasteiger partial charge in [-0.05, 0) is 41.9 Å². The Morgan fingerprint density at radius 2 is 1.95 bits per heavy atom. The molecule has 6 heteroatoms. The fourth-order valence-corrected chi connectivity index (χ4v) is 2.51. The summed E-state index contributed by atoms with van der Waals surface area (Å²) < 4.78 is 11.1. The molecule has 1 rings (SSSR count). The molecular weight excluding hydrogens is 326 g/mol. The molecule has 20 heavy (non-hydrogen) atoms. The lowest BCUT2D eigenvalue weighted by Gasteiger charge is -2.26. The van der Waals surface area contributed by atoms with Gasteiger partial charge in [0.15, 0.2) is 0 Å². The van der Waals surface area contributed by atoms with Gasteiger partial charge >= 0.3 is 0 Å². The van der Waals surface area contributed by atoms with Crippen LogP contribution in [0.3, 0.4) is 0 Å². The van der Waals surface area contributed by atoms with E-state index in [2.05, 4.69) is 15.9 Å². The van der Waals surface area contributed by atoms with E-state index in [1.54, 1.807) is 33.0 Å². The molecule has 1 aromatic carbocycles. The summed E-state index contributed by atoms with van der Waals surface area (Å²) in [5.74, 6) is 0.750. The lowest BCUT2D eigenvalue weighted by Crippen LogP contribution is -2.39. The van der Waals surface area contributed by atoms with E-state index in [-0.39, 0.29) is 12.5 Å². The van der Waals surface area contributed by atoms with Gasteiger partial charge < -0.3 is 19.5 Å². The second kappa shape index (κ2) is 6.45. The third kappa shape index (κ3) is 4.11. The minimum absolute atomic E-state index is 0.212. The molecule has 1 aromatic rings. The van der Waals surface area contributed by atoms with Crippen LogP contribution in [0.25, 0.3) is 0 Å². The van der Waals surface area contributed by atoms with Crippen molar-refractivity contribution >= 4 is 21.8 Å². The van der Waals surface area contributed by atoms with Crippen molar-refractivity contribution in [3.05, 3.63) is 22.2 Å². The van der Waals surface area contributed by atoms with Crippen molar-refractivity contribution in [1.29, 1.82) is 0 Å². The van der Waals surface area contributed by atoms with Gasteiger partial charge in [0.25, 0.3) is 5.91 Å². The quantitative estimate of drug-likeness (QED) is 0.889. The van der Waals surface area contributed by atoms with Crippen LogP contribution in [0, 0.1) is 0 Å². The number of rotatable bonds is 5. The van der Waals surface area contributed by atoms with Crippen LogP contribution in [0.2, 0.25) is 0 Å². The number of methoxy groups -OCH3 is 2. The van der Waals surface area contributed by atoms with Crippen LogP contribution in [0.1, 0.15) is 24.2 Å². The number of hydrogen-bond donors (Lipinski definition) is 1. The summed E-state index contributed by atoms with van der Waals surface area (Å²) in [6.07, 6.45) is 0. The molecule has 0 saturated carbocycles. The van der Waals surface area contributed by atoms with Crippen LogP contribution in [0.5, 0.6) is 11.5 Å². The topological polar surface area (TPSA) is 59.0 Å². The van der Waals surface area contributed by atoms with Crippen molar-refractivity contribution in [2.45, 2.75) is 19.4 Å². The fraction of sp³-hybridized carbons (Fsp3) is 0.500. The van der Waals surface area contributed by atoms with Gasteiger partial charge in [-0.2, -0.15) is 0 Å². The Balaban J connectivity index is 3.17. The molecular formula is C14H20BrNO4. The third-order valence-corrected chi connectivity index (χ3v) is 3.25. The molecule has 0 aromatic heterocycles. The Bertz CT molecular complexity index is 497. The molecule has 0 aliphatic heterocycles. The second-order valence-corrected chi connectivity index (χ2v) is 6.02. The van der Waals surface area contributed by atoms with E-state index in [4.69, 9.17) is 9.47 Å². The molecule has 0 heterocycles. The fourth-order valence-electron chi connectivity index (χ4n) is 1.91. The average molecular weight is 346 g/mol. The molecule has 0 unspecified atom stereocenters. The van der Waals surface area contributed by atoms with Gasteiger partial charge in [-0.15, -0.1) is 0 Å². The predicted molar refractivity (Wildman–Crippen MR) is 80.5 cm³/mol. The van der Waals surface area contributed by atoms with Gasteiger partial charge in [-0.1, -0.05) is 0 Å². The maximum atomic E-state index is 12.5. The maximum absolute atomic E-state index is 12.5. The standard InChI is InChI=1S/C14H20BrNO4/c1-14(2,18)8-16(3)13(17)10-6-9(19-4)7-11(15)12(10)20-5/h6-7,18H,8H2,1-5H3. The summed E-state index contributed by atoms with van der Waals surface area (Å²) in [5, 5.41) is 9.81. The number of halogens is 1. The summed E-state index contributed by atoms with van der Waals surface area (Å²) in [6.45, 7) is 3.51. The van der Waals surface area contributed by atoms with Crippen LogP contribution in [-0.4, -0.2) is 49.3 Å². The lowest BCUT2D eigenvalue weighted by atomic mass is 10.1. The number of aliphatic hydroxyl groups is 1. The first kappa shape index (κ1) is 16.8. The van der Waals surface area contributed by atoms with Crippen molar-refractivity contribution in [1.82, 2.24) is 4.90 Å². The van der Waals surface area contributed by atoms with Crippen molar-refractivity contribution in [2.24, 2.45) is 0 Å². The number of nitrogens with zero attached hydrogens (tertiary/aromatic N) is 1. The summed E-state index contributed by atoms with van der Waals surface area (Å²) in [5.41, 5.74) is -0.584. The third-order valence-electron chi connectivity index (χ3n) is 2.66. The van der Waals surface area contributed by atoms with Crippen LogP contribution in [-0.2, 0) is 0 Å². The van der Waals surface area contributed by atoms with Crippen molar-refractivity contribution < 1.29 is 19.4 Å². The van der Waals surface area contributed by atoms with Crippen molar-refractivity contribution in [3.63, 3.8) is 0 Å². The van der Waals surface area contributed by atoms with Gasteiger partial charge in [-0.25, -0.2) is 0 Å². The molecule has 0 bridgehead atoms. The highest BCUT2D eigenvalue weighted by Crippen LogP contribution is 2.34. The molecule has 0 aliphatic carbocycles. The molecule has 0 aliphatic rings. The highest BCUT2D eigenvalue weighted by molar-refractivity contribution is 9.10. The lowest BCUT2D eigenvalue weighted by molar-refractivity contribution is 0.0366. The number of amides is 1. The zero-order valence-corrected chi connectivity index (χ0v) is 13.9. The minimum atomic E-state index is -0.965. The Hall–Kier alpha value is -1.27. The van der Waals surface area contributed by atoms with Gasteiger partial charge in [0.1, 0.15) is 11.5 Å². The molecule has 0 spiro atoms. The molecule has 0 fully saturated rings. The van der Waals surface area contributed by atoms with E-state index in [0.29, 0.717) is 21.5 Å². The Morgan fingerprint density at radius 1 is 1.35 bits per heavy atom. The van der Waals surface area contributed by atoms with E-state index >= 15 is 0 Å². The van der Waals surface area contributed by atoms with Crippen LogP contribution < -0.4 is 9.47 Å². The number of ether oxygens (including phenoxy) is 2. The largest absolute Gasteiger partial charge is 0.497 e. The second-order valence-electron chi connectivity index (χ2n) is 5.16. The van der Waals surface area contributed by atoms with E-state index < -0.39 is 5.60 Å². The monoisotopic (exact) mass is 345 g/mol. The first-order valence-corrected chi connectivity index (χ1v) is 6.88. The van der Waals surface area contributed by atoms with Crippen molar-refractivity contribution in [3.8, 4) is 11.5 Å². The molecule has 112 valence electrons. The molecule has 5 nitrogen and oxygen atoms in total. The minimum Gasteiger partial charge on any atom is -0.497 e. The summed E-state index contributed by atoms with van der Waals surface area (Å²) in [4.78, 5) is 13.9. The zero-order chi connectivity index (χ0) is 15.5. The van der Waals surface area contributed by atoms with Gasteiger partial charge in [0.05, 0.1) is 29.9 Å². The van der Waals surface area contributed by atoms with Crippen LogP contribution in [0.4, 0.5) is 0 Å². The highest BCUT2D eigenvalue weighted by atomic mass is 79.9. The average Bonchev–Trinajstić information content (AvgIpc) is 2.34. The number of carbonyl (C=O) groups excluding carboxylic acids is 1. The zero-order valence-electron chi connectivity index (χ0n) is 12.4. The normalized spacial score (nSPS) is 11.2. The Morgan fingerprint density at radius 3 is 2.40 bits per heavy atom. The van der Waals surface area contributed by atoms with Crippen LogP contribution in [0.15, 0.2) is 16.6 Å². The van der Waals surface area contributed by atoms with E-state index in [0.717, 1.165) is 0 Å². The highest BCUT2D eigenvalue weighted by Gasteiger charge is 2.24. The maximum Gasteiger partial charge on any atom is 0.257 e. The van der Waals surface area contributed by atoms with Gasteiger partial charge in [0.2, 0.25) is 0 Å². The first-order valence-electron chi connectivity index (χ1n) is 6.09. The van der Waals surface area contributed by atoms with Gasteiger partial charge in [0, 0.05) is 13.6 Å². The van der Waals surface area contributed by atoms with Gasteiger partial charge in [-0.3, -0.25) is 4.79 Å². The van der Waals surface area contributed by atoms with Crippen molar-refractivity contribution in [2.75, 3.05) is 27.8 Å². The molecule has 0 atom stereocenters. The summed E-state index contributed by atoms with van der Waals surface area (Å²) >= 11 is 3.35. The smallest absolute Gasteiger partial charge is 0.257 e. The predicted octanol–water partition coefficient (Wildman–Crippen LogP) is 2.31. The summed E-state index contributed by atoms with van der Waals surface area (Å²) in [6, 6.07) is 3.35. The SMILES string of the molecule is COc1cc(Br)c(OC)c(C(=O)N(C)CC(C)(C)O)c1. The Labute approximate surface area is 127 Å². The number of benzene rings is 1. The number of carbonyl (C=O) groups is 1. The number of hydrogen-bond acceptors (Lipinski definition) is 4. The van der Waals surface area contributed by atoms with Crippen LogP contribution >= 0.6 is 15.9 Å². The Kier molecular flexibility index (Phi) is 5.42. The first-order chi connectivity index (χ1) is 9.19. The molecule has 1 N–H and O–H groups in total.